The van der Waals surface area contributed by atoms with Crippen molar-refractivity contribution >= 4 is 23.5 Å². The number of aromatic hydroxyl groups is 1. The number of amides is 2. The Morgan fingerprint density at radius 2 is 1.54 bits per heavy atom. The number of phenols is 1. The fraction of sp³-hybridized carbons (Fsp3) is 0.311. The summed E-state index contributed by atoms with van der Waals surface area (Å²) in [4.78, 5) is 47.8. The number of carboxylic acids is 1. The van der Waals surface area contributed by atoms with Gasteiger partial charge in [0.2, 0.25) is 6.79 Å². The Kier molecular flexibility index (Phi) is 9.89. The standard InChI is InChI=1S/C45H44N4O8/c50-35-14-12-33(13-15-35)48(25-29-8-10-30(11-9-29)45(53)54)44(52)38-22-40(47-16-4-3-7-39(38)47)36-23-41-42(57-28-56-41)24-37(36)43(51)49-26-32-6-2-1-5-31(32)21-34(49)27-46-17-19-55-20-18-46/h1-2,5-6,8-15,22-24,34,50H,3-4,7,16-21,25-28H2,(H,53,54)/t34-/m0/s1. The van der Waals surface area contributed by atoms with E-state index in [1.54, 1.807) is 47.4 Å². The van der Waals surface area contributed by atoms with Crippen LogP contribution in [0.25, 0.3) is 11.3 Å². The van der Waals surface area contributed by atoms with E-state index in [2.05, 4.69) is 27.7 Å². The average Bonchev–Trinajstić information content (AvgIpc) is 3.87. The molecular weight excluding hydrogens is 725 g/mol. The third-order valence-corrected chi connectivity index (χ3v) is 11.6. The molecule has 5 aromatic rings. The molecule has 57 heavy (non-hydrogen) atoms. The fourth-order valence-corrected chi connectivity index (χ4v) is 8.63. The number of hydrogen-bond acceptors (Lipinski definition) is 8. The summed E-state index contributed by atoms with van der Waals surface area (Å²) >= 11 is 0. The number of hydrogen-bond donors (Lipinski definition) is 2. The van der Waals surface area contributed by atoms with Crippen LogP contribution in [0, 0.1) is 0 Å². The molecule has 4 aliphatic heterocycles. The predicted molar refractivity (Wildman–Crippen MR) is 212 cm³/mol. The number of carbonyl (C=O) groups excluding carboxylic acids is 2. The zero-order chi connectivity index (χ0) is 39.0. The molecule has 12 heteroatoms. The second-order valence-electron chi connectivity index (χ2n) is 15.1. The SMILES string of the molecule is O=C(O)c1ccc(CN(C(=O)c2cc(-c3cc4c(cc3C(=O)N3Cc5ccccc5C[C@H]3CN3CCOCC3)OCO4)n3c2CCCC3)c2ccc(O)cc2)cc1. The first-order chi connectivity index (χ1) is 27.8. The highest BCUT2D eigenvalue weighted by Gasteiger charge is 2.36. The number of ether oxygens (including phenoxy) is 3. The van der Waals surface area contributed by atoms with E-state index in [9.17, 15) is 19.8 Å². The largest absolute Gasteiger partial charge is 0.508 e. The third kappa shape index (κ3) is 7.22. The number of carboxylic acid groups (broad SMARTS) is 1. The molecule has 4 aliphatic rings. The van der Waals surface area contributed by atoms with E-state index >= 15 is 4.79 Å². The maximum absolute atomic E-state index is 15.2. The Morgan fingerprint density at radius 1 is 0.807 bits per heavy atom. The van der Waals surface area contributed by atoms with E-state index in [-0.39, 0.29) is 42.5 Å². The summed E-state index contributed by atoms with van der Waals surface area (Å²) in [5.74, 6) is -0.244. The van der Waals surface area contributed by atoms with Crippen LogP contribution < -0.4 is 14.4 Å². The molecule has 0 bridgehead atoms. The molecule has 292 valence electrons. The van der Waals surface area contributed by atoms with E-state index in [0.717, 1.165) is 61.4 Å². The number of aromatic nitrogens is 1. The van der Waals surface area contributed by atoms with E-state index in [4.69, 9.17) is 14.2 Å². The molecule has 1 fully saturated rings. The number of fused-ring (bicyclic) bond motifs is 3. The van der Waals surface area contributed by atoms with Gasteiger partial charge < -0.3 is 38.8 Å². The zero-order valence-electron chi connectivity index (χ0n) is 31.6. The molecule has 0 spiro atoms. The molecule has 0 saturated carbocycles. The zero-order valence-corrected chi connectivity index (χ0v) is 31.6. The summed E-state index contributed by atoms with van der Waals surface area (Å²) < 4.78 is 19.6. The van der Waals surface area contributed by atoms with Gasteiger partial charge in [0.25, 0.3) is 11.8 Å². The lowest BCUT2D eigenvalue weighted by atomic mass is 9.92. The van der Waals surface area contributed by atoms with Crippen LogP contribution in [0.15, 0.2) is 91.0 Å². The molecule has 0 radical (unpaired) electrons. The van der Waals surface area contributed by atoms with E-state index in [0.29, 0.717) is 66.6 Å². The van der Waals surface area contributed by atoms with Crippen molar-refractivity contribution in [2.75, 3.05) is 44.5 Å². The van der Waals surface area contributed by atoms with Crippen molar-refractivity contribution in [2.45, 2.75) is 51.4 Å². The van der Waals surface area contributed by atoms with E-state index < -0.39 is 5.97 Å². The molecule has 1 atom stereocenters. The van der Waals surface area contributed by atoms with Crippen molar-refractivity contribution in [1.29, 1.82) is 0 Å². The number of phenolic OH excluding ortho intramolecular Hbond substituents is 1. The van der Waals surface area contributed by atoms with Gasteiger partial charge >= 0.3 is 5.97 Å². The van der Waals surface area contributed by atoms with Crippen LogP contribution in [-0.2, 0) is 37.2 Å². The number of rotatable bonds is 9. The molecule has 1 saturated heterocycles. The van der Waals surface area contributed by atoms with Crippen LogP contribution in [0.2, 0.25) is 0 Å². The van der Waals surface area contributed by atoms with Gasteiger partial charge in [0.1, 0.15) is 5.75 Å². The van der Waals surface area contributed by atoms with E-state index in [1.165, 1.54) is 17.7 Å². The van der Waals surface area contributed by atoms with Crippen LogP contribution in [0.5, 0.6) is 17.2 Å². The summed E-state index contributed by atoms with van der Waals surface area (Å²) in [7, 11) is 0. The molecule has 12 nitrogen and oxygen atoms in total. The van der Waals surface area contributed by atoms with Crippen molar-refractivity contribution in [3.8, 4) is 28.5 Å². The molecule has 2 N–H and O–H groups in total. The molecule has 5 heterocycles. The van der Waals surface area contributed by atoms with Gasteiger partial charge in [0.15, 0.2) is 11.5 Å². The van der Waals surface area contributed by atoms with Gasteiger partial charge in [0, 0.05) is 61.4 Å². The lowest BCUT2D eigenvalue weighted by molar-refractivity contribution is 0.0193. The van der Waals surface area contributed by atoms with Gasteiger partial charge in [-0.15, -0.1) is 0 Å². The molecule has 2 amide bonds. The minimum atomic E-state index is -1.03. The van der Waals surface area contributed by atoms with Gasteiger partial charge in [-0.3, -0.25) is 14.5 Å². The molecule has 1 aromatic heterocycles. The fourth-order valence-electron chi connectivity index (χ4n) is 8.63. The lowest BCUT2D eigenvalue weighted by Crippen LogP contribution is -2.52. The molecular formula is C45H44N4O8. The first-order valence-electron chi connectivity index (χ1n) is 19.6. The Hall–Kier alpha value is -6.11. The molecule has 4 aromatic carbocycles. The predicted octanol–water partition coefficient (Wildman–Crippen LogP) is 6.37. The monoisotopic (exact) mass is 768 g/mol. The number of nitrogens with zero attached hydrogens (tertiary/aromatic N) is 4. The number of carbonyl (C=O) groups is 3. The summed E-state index contributed by atoms with van der Waals surface area (Å²) in [5.41, 5.74) is 7.20. The Labute approximate surface area is 330 Å². The average molecular weight is 769 g/mol. The minimum Gasteiger partial charge on any atom is -0.508 e. The number of aromatic carboxylic acids is 1. The van der Waals surface area contributed by atoms with Crippen molar-refractivity contribution in [2.24, 2.45) is 0 Å². The third-order valence-electron chi connectivity index (χ3n) is 11.6. The number of benzene rings is 4. The van der Waals surface area contributed by atoms with Gasteiger partial charge in [-0.1, -0.05) is 36.4 Å². The quantitative estimate of drug-likeness (QED) is 0.176. The Balaban J connectivity index is 1.12. The first kappa shape index (κ1) is 36.5. The lowest BCUT2D eigenvalue weighted by Gasteiger charge is -2.40. The summed E-state index contributed by atoms with van der Waals surface area (Å²) in [6.07, 6.45) is 3.24. The van der Waals surface area contributed by atoms with Gasteiger partial charge in [-0.05, 0) is 97.0 Å². The van der Waals surface area contributed by atoms with Crippen LogP contribution in [0.1, 0.15) is 66.3 Å². The van der Waals surface area contributed by atoms with E-state index in [1.807, 2.05) is 23.1 Å². The van der Waals surface area contributed by atoms with Crippen LogP contribution in [0.4, 0.5) is 5.69 Å². The Bertz CT molecular complexity index is 2330. The highest BCUT2D eigenvalue weighted by Crippen LogP contribution is 2.42. The van der Waals surface area contributed by atoms with Crippen LogP contribution in [0.3, 0.4) is 0 Å². The summed E-state index contributed by atoms with van der Waals surface area (Å²) in [5, 5.41) is 19.6. The second kappa shape index (κ2) is 15.4. The summed E-state index contributed by atoms with van der Waals surface area (Å²) in [6.45, 7) is 5.07. The first-order valence-corrected chi connectivity index (χ1v) is 19.6. The second-order valence-corrected chi connectivity index (χ2v) is 15.1. The minimum absolute atomic E-state index is 0.0498. The van der Waals surface area contributed by atoms with Crippen molar-refractivity contribution in [1.82, 2.24) is 14.4 Å². The Morgan fingerprint density at radius 3 is 2.30 bits per heavy atom. The topological polar surface area (TPSA) is 134 Å². The van der Waals surface area contributed by atoms with Crippen molar-refractivity contribution in [3.63, 3.8) is 0 Å². The van der Waals surface area contributed by atoms with Crippen LogP contribution in [-0.4, -0.2) is 88.0 Å². The maximum atomic E-state index is 15.2. The van der Waals surface area contributed by atoms with Gasteiger partial charge in [-0.25, -0.2) is 4.79 Å². The number of morpholine rings is 1. The molecule has 0 unspecified atom stereocenters. The highest BCUT2D eigenvalue weighted by molar-refractivity contribution is 6.09. The normalized spacial score (nSPS) is 17.5. The molecule has 0 aliphatic carbocycles. The van der Waals surface area contributed by atoms with Crippen molar-refractivity contribution < 1.29 is 38.8 Å². The van der Waals surface area contributed by atoms with Crippen LogP contribution >= 0.6 is 0 Å². The van der Waals surface area contributed by atoms with Gasteiger partial charge in [0.05, 0.1) is 36.4 Å². The van der Waals surface area contributed by atoms with Gasteiger partial charge in [-0.2, -0.15) is 0 Å². The highest BCUT2D eigenvalue weighted by atomic mass is 16.7. The molecule has 9 rings (SSSR count). The smallest absolute Gasteiger partial charge is 0.335 e. The van der Waals surface area contributed by atoms with Crippen molar-refractivity contribution in [3.05, 3.63) is 130 Å². The number of anilines is 1. The summed E-state index contributed by atoms with van der Waals surface area (Å²) in [6, 6.07) is 26.8. The maximum Gasteiger partial charge on any atom is 0.335 e.